The first-order valence-electron chi connectivity index (χ1n) is 4.78. The van der Waals surface area contributed by atoms with E-state index in [9.17, 15) is 4.39 Å². The van der Waals surface area contributed by atoms with Crippen LogP contribution in [0, 0.1) is 0 Å². The Balaban J connectivity index is 2.64. The fourth-order valence-electron chi connectivity index (χ4n) is 1.48. The Labute approximate surface area is 79.4 Å². The molecule has 0 bridgehead atoms. The maximum absolute atomic E-state index is 13.8. The van der Waals surface area contributed by atoms with Crippen LogP contribution in [0.4, 0.5) is 4.39 Å². The first kappa shape index (κ1) is 10.7. The zero-order chi connectivity index (χ0) is 9.90. The summed E-state index contributed by atoms with van der Waals surface area (Å²) in [5, 5.41) is 0. The van der Waals surface area contributed by atoms with Crippen molar-refractivity contribution in [2.24, 2.45) is 0 Å². The molecule has 0 aromatic rings. The van der Waals surface area contributed by atoms with Crippen LogP contribution in [0.3, 0.4) is 0 Å². The highest BCUT2D eigenvalue weighted by molar-refractivity contribution is 4.92. The van der Waals surface area contributed by atoms with Gasteiger partial charge in [-0.15, -0.1) is 0 Å². The molecule has 0 aliphatic carbocycles. The Morgan fingerprint density at radius 2 is 2.31 bits per heavy atom. The Hall–Kier alpha value is -0.410. The highest BCUT2D eigenvalue weighted by Crippen LogP contribution is 2.21. The minimum atomic E-state index is -1.65. The molecule has 13 heavy (non-hydrogen) atoms. The summed E-state index contributed by atoms with van der Waals surface area (Å²) in [6.45, 7) is 9.27. The molecule has 1 aliphatic heterocycles. The van der Waals surface area contributed by atoms with Crippen molar-refractivity contribution in [3.8, 4) is 0 Å². The third-order valence-corrected chi connectivity index (χ3v) is 2.39. The summed E-state index contributed by atoms with van der Waals surface area (Å²) < 4.78 is 18.9. The molecule has 0 radical (unpaired) electrons. The molecule has 1 fully saturated rings. The normalized spacial score (nSPS) is 31.7. The molecule has 3 heteroatoms. The molecule has 1 unspecified atom stereocenters. The fourth-order valence-corrected chi connectivity index (χ4v) is 1.48. The molecule has 0 amide bonds. The van der Waals surface area contributed by atoms with E-state index in [0.29, 0.717) is 19.2 Å². The topological polar surface area (TPSA) is 12.5 Å². The first-order chi connectivity index (χ1) is 6.07. The van der Waals surface area contributed by atoms with E-state index >= 15 is 0 Å². The molecule has 1 rings (SSSR count). The molecule has 1 aliphatic rings. The van der Waals surface area contributed by atoms with E-state index in [1.165, 1.54) is 6.08 Å². The van der Waals surface area contributed by atoms with E-state index in [1.807, 2.05) is 0 Å². The van der Waals surface area contributed by atoms with Crippen LogP contribution in [0.2, 0.25) is 0 Å². The van der Waals surface area contributed by atoms with Crippen molar-refractivity contribution < 1.29 is 9.13 Å². The molecular weight excluding hydrogens is 169 g/mol. The standard InChI is InChI=1S/C10H18FNO/c1-4-10(11)8-12(9(2)3)6-5-7-13-10/h4,9H,1,5-8H2,2-3H3. The first-order valence-corrected chi connectivity index (χ1v) is 4.78. The van der Waals surface area contributed by atoms with Gasteiger partial charge in [0.1, 0.15) is 0 Å². The van der Waals surface area contributed by atoms with E-state index in [2.05, 4.69) is 25.3 Å². The molecule has 76 valence electrons. The minimum Gasteiger partial charge on any atom is -0.342 e. The molecule has 0 saturated carbocycles. The molecule has 0 aromatic heterocycles. The van der Waals surface area contributed by atoms with Gasteiger partial charge in [-0.05, 0) is 26.3 Å². The third-order valence-electron chi connectivity index (χ3n) is 2.39. The minimum absolute atomic E-state index is 0.300. The molecule has 0 aromatic carbocycles. The van der Waals surface area contributed by atoms with Crippen LogP contribution in [0.1, 0.15) is 20.3 Å². The second-order valence-electron chi connectivity index (χ2n) is 3.76. The summed E-state index contributed by atoms with van der Waals surface area (Å²) in [7, 11) is 0. The van der Waals surface area contributed by atoms with Gasteiger partial charge in [-0.2, -0.15) is 0 Å². The molecule has 1 saturated heterocycles. The summed E-state index contributed by atoms with van der Waals surface area (Å²) in [4.78, 5) is 2.08. The van der Waals surface area contributed by atoms with Gasteiger partial charge in [-0.1, -0.05) is 6.58 Å². The summed E-state index contributed by atoms with van der Waals surface area (Å²) in [6.07, 6.45) is 2.14. The van der Waals surface area contributed by atoms with Crippen LogP contribution in [0.25, 0.3) is 0 Å². The van der Waals surface area contributed by atoms with Crippen molar-refractivity contribution in [3.63, 3.8) is 0 Å². The van der Waals surface area contributed by atoms with Crippen LogP contribution in [0.5, 0.6) is 0 Å². The fraction of sp³-hybridized carbons (Fsp3) is 0.800. The SMILES string of the molecule is C=CC1(F)CN(C(C)C)CCCO1. The highest BCUT2D eigenvalue weighted by Gasteiger charge is 2.32. The number of alkyl halides is 1. The lowest BCUT2D eigenvalue weighted by Crippen LogP contribution is -2.41. The van der Waals surface area contributed by atoms with E-state index in [0.717, 1.165) is 13.0 Å². The van der Waals surface area contributed by atoms with Crippen LogP contribution in [-0.2, 0) is 4.74 Å². The number of rotatable bonds is 2. The molecule has 0 spiro atoms. The highest BCUT2D eigenvalue weighted by atomic mass is 19.2. The average molecular weight is 187 g/mol. The second-order valence-corrected chi connectivity index (χ2v) is 3.76. The van der Waals surface area contributed by atoms with Crippen molar-refractivity contribution in [3.05, 3.63) is 12.7 Å². The van der Waals surface area contributed by atoms with Crippen LogP contribution in [0.15, 0.2) is 12.7 Å². The van der Waals surface area contributed by atoms with Crippen molar-refractivity contribution in [2.45, 2.75) is 32.2 Å². The molecule has 0 N–H and O–H groups in total. The van der Waals surface area contributed by atoms with Crippen LogP contribution in [-0.4, -0.2) is 36.5 Å². The van der Waals surface area contributed by atoms with Crippen molar-refractivity contribution in [1.29, 1.82) is 0 Å². The Morgan fingerprint density at radius 1 is 1.62 bits per heavy atom. The van der Waals surface area contributed by atoms with Gasteiger partial charge < -0.3 is 4.74 Å². The smallest absolute Gasteiger partial charge is 0.241 e. The number of hydrogen-bond donors (Lipinski definition) is 0. The number of hydrogen-bond acceptors (Lipinski definition) is 2. The monoisotopic (exact) mass is 187 g/mol. The number of nitrogens with zero attached hydrogens (tertiary/aromatic N) is 1. The third kappa shape index (κ3) is 2.78. The van der Waals surface area contributed by atoms with Crippen molar-refractivity contribution >= 4 is 0 Å². The summed E-state index contributed by atoms with van der Waals surface area (Å²) in [6, 6.07) is 0.358. The molecule has 1 heterocycles. The Bertz CT molecular complexity index is 184. The van der Waals surface area contributed by atoms with Crippen LogP contribution < -0.4 is 0 Å². The van der Waals surface area contributed by atoms with Gasteiger partial charge in [0.05, 0.1) is 13.2 Å². The van der Waals surface area contributed by atoms with E-state index in [-0.39, 0.29) is 0 Å². The lowest BCUT2D eigenvalue weighted by atomic mass is 10.2. The summed E-state index contributed by atoms with van der Waals surface area (Å²) in [5.41, 5.74) is 0. The van der Waals surface area contributed by atoms with E-state index < -0.39 is 5.85 Å². The van der Waals surface area contributed by atoms with Crippen LogP contribution >= 0.6 is 0 Å². The van der Waals surface area contributed by atoms with Gasteiger partial charge in [0.2, 0.25) is 5.85 Å². The van der Waals surface area contributed by atoms with Crippen molar-refractivity contribution in [1.82, 2.24) is 4.90 Å². The maximum atomic E-state index is 13.8. The molecule has 2 nitrogen and oxygen atoms in total. The zero-order valence-electron chi connectivity index (χ0n) is 8.42. The van der Waals surface area contributed by atoms with Gasteiger partial charge in [-0.3, -0.25) is 4.90 Å². The Kier molecular flexibility index (Phi) is 3.45. The predicted octanol–water partition coefficient (Wildman–Crippen LogP) is 1.97. The van der Waals surface area contributed by atoms with E-state index in [1.54, 1.807) is 0 Å². The number of halogens is 1. The Morgan fingerprint density at radius 3 is 2.85 bits per heavy atom. The predicted molar refractivity (Wildman–Crippen MR) is 51.3 cm³/mol. The lowest BCUT2D eigenvalue weighted by Gasteiger charge is -2.29. The van der Waals surface area contributed by atoms with Gasteiger partial charge in [-0.25, -0.2) is 4.39 Å². The summed E-state index contributed by atoms with van der Waals surface area (Å²) in [5.74, 6) is -1.65. The van der Waals surface area contributed by atoms with Gasteiger partial charge >= 0.3 is 0 Å². The number of ether oxygens (including phenoxy) is 1. The average Bonchev–Trinajstić information content (AvgIpc) is 2.28. The maximum Gasteiger partial charge on any atom is 0.241 e. The largest absolute Gasteiger partial charge is 0.342 e. The quantitative estimate of drug-likeness (QED) is 0.613. The molecule has 1 atom stereocenters. The summed E-state index contributed by atoms with van der Waals surface area (Å²) >= 11 is 0. The van der Waals surface area contributed by atoms with Gasteiger partial charge in [0.15, 0.2) is 0 Å². The molecular formula is C10H18FNO. The van der Waals surface area contributed by atoms with Gasteiger partial charge in [0, 0.05) is 12.6 Å². The lowest BCUT2D eigenvalue weighted by molar-refractivity contribution is -0.108. The zero-order valence-corrected chi connectivity index (χ0v) is 8.42. The van der Waals surface area contributed by atoms with E-state index in [4.69, 9.17) is 4.74 Å². The van der Waals surface area contributed by atoms with Crippen molar-refractivity contribution in [2.75, 3.05) is 19.7 Å². The van der Waals surface area contributed by atoms with Gasteiger partial charge in [0.25, 0.3) is 0 Å². The second kappa shape index (κ2) is 4.20.